The van der Waals surface area contributed by atoms with Gasteiger partial charge in [0.1, 0.15) is 0 Å². The number of carbonyl (C=O) groups is 2. The molecule has 1 aliphatic rings. The molecule has 0 atom stereocenters. The van der Waals surface area contributed by atoms with Crippen molar-refractivity contribution in [2.24, 2.45) is 0 Å². The van der Waals surface area contributed by atoms with Gasteiger partial charge < -0.3 is 14.4 Å². The van der Waals surface area contributed by atoms with E-state index >= 15 is 0 Å². The highest BCUT2D eigenvalue weighted by Crippen LogP contribution is 2.20. The smallest absolute Gasteiger partial charge is 0.233 e. The Morgan fingerprint density at radius 3 is 2.72 bits per heavy atom. The molecule has 8 heteroatoms. The molecule has 1 aromatic heterocycles. The van der Waals surface area contributed by atoms with E-state index in [1.165, 1.54) is 11.8 Å². The summed E-state index contributed by atoms with van der Waals surface area (Å²) >= 11 is 1.40. The van der Waals surface area contributed by atoms with Crippen molar-refractivity contribution in [1.29, 1.82) is 0 Å². The first-order valence-electron chi connectivity index (χ1n) is 10.2. The van der Waals surface area contributed by atoms with Gasteiger partial charge in [-0.2, -0.15) is 0 Å². The van der Waals surface area contributed by atoms with E-state index in [1.54, 1.807) is 4.90 Å². The summed E-state index contributed by atoms with van der Waals surface area (Å²) in [5, 5.41) is 9.32. The van der Waals surface area contributed by atoms with Crippen LogP contribution < -0.4 is 0 Å². The van der Waals surface area contributed by atoms with Crippen LogP contribution in [0.2, 0.25) is 0 Å². The molecule has 0 N–H and O–H groups in total. The first kappa shape index (κ1) is 21.4. The number of thioether (sulfide) groups is 1. The minimum atomic E-state index is 0.0498. The Bertz CT molecular complexity index is 824. The van der Waals surface area contributed by atoms with Crippen molar-refractivity contribution >= 4 is 23.6 Å². The zero-order valence-corrected chi connectivity index (χ0v) is 18.0. The third kappa shape index (κ3) is 5.82. The Balaban J connectivity index is 1.58. The Morgan fingerprint density at radius 1 is 1.17 bits per heavy atom. The topological polar surface area (TPSA) is 71.3 Å². The van der Waals surface area contributed by atoms with Gasteiger partial charge >= 0.3 is 0 Å². The number of nitrogens with zero attached hydrogens (tertiary/aromatic N) is 5. The standard InChI is InChI=1S/C21H29N5O2S/c1-3-26-18(15-25-13-9-5-8-12-19(25)27)22-23-21(26)29-16-20(28)24(2)14-17-10-6-4-7-11-17/h4,6-7,10-11H,3,5,8-9,12-16H2,1-2H3. The second-order valence-electron chi connectivity index (χ2n) is 7.29. The van der Waals surface area contributed by atoms with Crippen molar-refractivity contribution in [3.63, 3.8) is 0 Å². The highest BCUT2D eigenvalue weighted by molar-refractivity contribution is 7.99. The molecule has 0 unspecified atom stereocenters. The van der Waals surface area contributed by atoms with Crippen molar-refractivity contribution in [1.82, 2.24) is 24.6 Å². The molecule has 0 saturated carbocycles. The van der Waals surface area contributed by atoms with Gasteiger partial charge in [0.15, 0.2) is 11.0 Å². The third-order valence-corrected chi connectivity index (χ3v) is 6.08. The van der Waals surface area contributed by atoms with Crippen molar-refractivity contribution < 1.29 is 9.59 Å². The molecule has 3 rings (SSSR count). The molecular formula is C21H29N5O2S. The summed E-state index contributed by atoms with van der Waals surface area (Å²) in [4.78, 5) is 28.4. The number of hydrogen-bond acceptors (Lipinski definition) is 5. The number of amides is 2. The molecule has 1 aliphatic heterocycles. The molecular weight excluding hydrogens is 386 g/mol. The Labute approximate surface area is 176 Å². The van der Waals surface area contributed by atoms with Crippen LogP contribution in [0.15, 0.2) is 35.5 Å². The number of benzene rings is 1. The van der Waals surface area contributed by atoms with Crippen LogP contribution >= 0.6 is 11.8 Å². The van der Waals surface area contributed by atoms with E-state index in [-0.39, 0.29) is 11.8 Å². The maximum atomic E-state index is 12.5. The normalized spacial score (nSPS) is 14.7. The summed E-state index contributed by atoms with van der Waals surface area (Å²) in [6, 6.07) is 9.95. The van der Waals surface area contributed by atoms with Gasteiger partial charge in [0.25, 0.3) is 0 Å². The summed E-state index contributed by atoms with van der Waals surface area (Å²) in [5.41, 5.74) is 1.11. The number of rotatable bonds is 8. The maximum Gasteiger partial charge on any atom is 0.233 e. The van der Waals surface area contributed by atoms with Crippen molar-refractivity contribution in [2.45, 2.75) is 57.4 Å². The lowest BCUT2D eigenvalue weighted by Gasteiger charge is -2.20. The lowest BCUT2D eigenvalue weighted by atomic mass is 10.2. The number of aromatic nitrogens is 3. The molecule has 1 saturated heterocycles. The summed E-state index contributed by atoms with van der Waals surface area (Å²) in [7, 11) is 1.82. The molecule has 2 aromatic rings. The minimum Gasteiger partial charge on any atom is -0.341 e. The van der Waals surface area contributed by atoms with E-state index in [2.05, 4.69) is 10.2 Å². The van der Waals surface area contributed by atoms with Gasteiger partial charge in [-0.3, -0.25) is 9.59 Å². The van der Waals surface area contributed by atoms with Crippen molar-refractivity contribution in [3.05, 3.63) is 41.7 Å². The molecule has 156 valence electrons. The Kier molecular flexibility index (Phi) is 7.69. The number of hydrogen-bond donors (Lipinski definition) is 0. The summed E-state index contributed by atoms with van der Waals surface area (Å²) in [6.07, 6.45) is 3.72. The molecule has 1 fully saturated rings. The monoisotopic (exact) mass is 415 g/mol. The van der Waals surface area contributed by atoms with Crippen LogP contribution in [0.3, 0.4) is 0 Å². The van der Waals surface area contributed by atoms with Crippen LogP contribution in [0.4, 0.5) is 0 Å². The van der Waals surface area contributed by atoms with E-state index in [0.717, 1.165) is 42.4 Å². The predicted octanol–water partition coefficient (Wildman–Crippen LogP) is 2.95. The largest absolute Gasteiger partial charge is 0.341 e. The van der Waals surface area contributed by atoms with Gasteiger partial charge in [-0.15, -0.1) is 10.2 Å². The Morgan fingerprint density at radius 2 is 1.97 bits per heavy atom. The molecule has 2 amide bonds. The molecule has 0 spiro atoms. The first-order chi connectivity index (χ1) is 14.1. The summed E-state index contributed by atoms with van der Waals surface area (Å²) in [5.74, 6) is 1.34. The van der Waals surface area contributed by atoms with E-state index < -0.39 is 0 Å². The van der Waals surface area contributed by atoms with Gasteiger partial charge in [-0.1, -0.05) is 48.5 Å². The van der Waals surface area contributed by atoms with Crippen LogP contribution in [-0.2, 0) is 29.2 Å². The van der Waals surface area contributed by atoms with Gasteiger partial charge in [-0.05, 0) is 25.3 Å². The highest BCUT2D eigenvalue weighted by Gasteiger charge is 2.21. The second kappa shape index (κ2) is 10.4. The fourth-order valence-electron chi connectivity index (χ4n) is 3.42. The SMILES string of the molecule is CCn1c(CN2CCCCCC2=O)nnc1SCC(=O)N(C)Cc1ccccc1. The summed E-state index contributed by atoms with van der Waals surface area (Å²) in [6.45, 7) is 4.59. The van der Waals surface area contributed by atoms with Crippen molar-refractivity contribution in [2.75, 3.05) is 19.3 Å². The molecule has 0 radical (unpaired) electrons. The molecule has 2 heterocycles. The van der Waals surface area contributed by atoms with Crippen LogP contribution in [0.25, 0.3) is 0 Å². The van der Waals surface area contributed by atoms with E-state index in [0.29, 0.717) is 31.8 Å². The predicted molar refractivity (Wildman–Crippen MR) is 113 cm³/mol. The zero-order valence-electron chi connectivity index (χ0n) is 17.2. The van der Waals surface area contributed by atoms with Gasteiger partial charge in [0.2, 0.25) is 11.8 Å². The fourth-order valence-corrected chi connectivity index (χ4v) is 4.38. The van der Waals surface area contributed by atoms with Gasteiger partial charge in [0.05, 0.1) is 12.3 Å². The van der Waals surface area contributed by atoms with E-state index in [4.69, 9.17) is 0 Å². The first-order valence-corrected chi connectivity index (χ1v) is 11.2. The van der Waals surface area contributed by atoms with Crippen LogP contribution in [-0.4, -0.2) is 55.7 Å². The average Bonchev–Trinajstić information content (AvgIpc) is 3.00. The van der Waals surface area contributed by atoms with Gasteiger partial charge in [0, 0.05) is 33.1 Å². The number of carbonyl (C=O) groups excluding carboxylic acids is 2. The van der Waals surface area contributed by atoms with E-state index in [1.807, 2.05) is 53.8 Å². The highest BCUT2D eigenvalue weighted by atomic mass is 32.2. The lowest BCUT2D eigenvalue weighted by Crippen LogP contribution is -2.31. The van der Waals surface area contributed by atoms with E-state index in [9.17, 15) is 9.59 Å². The van der Waals surface area contributed by atoms with Crippen LogP contribution in [0.1, 0.15) is 44.0 Å². The zero-order chi connectivity index (χ0) is 20.6. The van der Waals surface area contributed by atoms with Crippen molar-refractivity contribution in [3.8, 4) is 0 Å². The second-order valence-corrected chi connectivity index (χ2v) is 8.24. The molecule has 0 bridgehead atoms. The molecule has 7 nitrogen and oxygen atoms in total. The Hall–Kier alpha value is -2.35. The summed E-state index contributed by atoms with van der Waals surface area (Å²) < 4.78 is 2.01. The third-order valence-electron chi connectivity index (χ3n) is 5.13. The lowest BCUT2D eigenvalue weighted by molar-refractivity contribution is -0.131. The molecule has 1 aromatic carbocycles. The number of likely N-dealkylation sites (tertiary alicyclic amines) is 1. The van der Waals surface area contributed by atoms with Crippen LogP contribution in [0.5, 0.6) is 0 Å². The minimum absolute atomic E-state index is 0.0498. The average molecular weight is 416 g/mol. The maximum absolute atomic E-state index is 12.5. The quantitative estimate of drug-likeness (QED) is 0.620. The van der Waals surface area contributed by atoms with Crippen LogP contribution in [0, 0.1) is 0 Å². The fraction of sp³-hybridized carbons (Fsp3) is 0.524. The van der Waals surface area contributed by atoms with Gasteiger partial charge in [-0.25, -0.2) is 0 Å². The molecule has 0 aliphatic carbocycles. The molecule has 29 heavy (non-hydrogen) atoms.